The Kier molecular flexibility index (Phi) is 3.57. The molecule has 0 aliphatic heterocycles. The van der Waals surface area contributed by atoms with Gasteiger partial charge < -0.3 is 5.73 Å². The van der Waals surface area contributed by atoms with Crippen LogP contribution in [0.5, 0.6) is 0 Å². The van der Waals surface area contributed by atoms with Crippen molar-refractivity contribution in [1.29, 1.82) is 5.26 Å². The molecule has 2 heterocycles. The Bertz CT molecular complexity index is 553. The van der Waals surface area contributed by atoms with Gasteiger partial charge in [0.2, 0.25) is 0 Å². The number of halogens is 1. The lowest BCUT2D eigenvalue weighted by atomic mass is 10.1. The fraction of sp³-hybridized carbons (Fsp3) is 0.300. The van der Waals surface area contributed by atoms with E-state index >= 15 is 0 Å². The average Bonchev–Trinajstić information content (AvgIpc) is 2.88. The molecule has 2 aromatic rings. The molecular weight excluding hydrogens is 302 g/mol. The van der Waals surface area contributed by atoms with Crippen LogP contribution in [0.3, 0.4) is 0 Å². The van der Waals surface area contributed by atoms with E-state index in [0.717, 1.165) is 8.66 Å². The Morgan fingerprint density at radius 2 is 2.35 bits per heavy atom. The van der Waals surface area contributed by atoms with E-state index in [1.165, 1.54) is 0 Å². The molecule has 0 amide bonds. The third-order valence-corrected chi connectivity index (χ3v) is 3.97. The van der Waals surface area contributed by atoms with E-state index < -0.39 is 0 Å². The predicted molar refractivity (Wildman–Crippen MR) is 68.5 cm³/mol. The Morgan fingerprint density at radius 1 is 1.59 bits per heavy atom. The number of aromatic nitrogens is 3. The van der Waals surface area contributed by atoms with Crippen LogP contribution in [0, 0.1) is 11.3 Å². The van der Waals surface area contributed by atoms with Gasteiger partial charge in [-0.15, -0.1) is 16.4 Å². The summed E-state index contributed by atoms with van der Waals surface area (Å²) in [7, 11) is 0. The van der Waals surface area contributed by atoms with Gasteiger partial charge >= 0.3 is 0 Å². The molecule has 0 radical (unpaired) electrons. The van der Waals surface area contributed by atoms with Gasteiger partial charge in [0.15, 0.2) is 0 Å². The first-order valence-corrected chi connectivity index (χ1v) is 6.55. The summed E-state index contributed by atoms with van der Waals surface area (Å²) in [5.74, 6) is 0.159. The molecular formula is C10H10BrN5S. The second-order valence-electron chi connectivity index (χ2n) is 3.61. The highest BCUT2D eigenvalue weighted by Crippen LogP contribution is 2.30. The molecule has 17 heavy (non-hydrogen) atoms. The molecule has 0 aliphatic carbocycles. The van der Waals surface area contributed by atoms with Crippen molar-refractivity contribution in [3.8, 4) is 6.07 Å². The zero-order valence-corrected chi connectivity index (χ0v) is 11.4. The summed E-state index contributed by atoms with van der Waals surface area (Å²) in [6, 6.07) is 5.66. The van der Waals surface area contributed by atoms with Gasteiger partial charge in [0.1, 0.15) is 18.4 Å². The van der Waals surface area contributed by atoms with Gasteiger partial charge in [-0.2, -0.15) is 5.26 Å². The van der Waals surface area contributed by atoms with Crippen LogP contribution in [0.2, 0.25) is 0 Å². The second kappa shape index (κ2) is 4.96. The maximum Gasteiger partial charge on any atom is 0.252 e. The minimum atomic E-state index is -0.117. The van der Waals surface area contributed by atoms with Gasteiger partial charge in [0.25, 0.3) is 5.82 Å². The fourth-order valence-corrected chi connectivity index (χ4v) is 3.21. The fourth-order valence-electron chi connectivity index (χ4n) is 1.58. The van der Waals surface area contributed by atoms with E-state index in [-0.39, 0.29) is 17.9 Å². The summed E-state index contributed by atoms with van der Waals surface area (Å²) < 4.78 is 2.68. The highest BCUT2D eigenvalue weighted by Gasteiger charge is 2.21. The van der Waals surface area contributed by atoms with Crippen LogP contribution < -0.4 is 5.73 Å². The number of hydrogen-bond donors (Lipinski definition) is 1. The molecule has 2 unspecified atom stereocenters. The number of nitrogens with two attached hydrogens (primary N) is 1. The first-order valence-electron chi connectivity index (χ1n) is 4.94. The second-order valence-corrected chi connectivity index (χ2v) is 6.10. The van der Waals surface area contributed by atoms with Crippen LogP contribution in [0.4, 0.5) is 0 Å². The first-order chi connectivity index (χ1) is 8.11. The molecule has 0 fully saturated rings. The Hall–Kier alpha value is -1.23. The standard InChI is InChI=1S/C10H10BrN5S/c1-6(13)10(7-2-3-8(11)17-7)16-5-14-9(4-12)15-16/h2-3,5-6,10H,13H2,1H3. The summed E-state index contributed by atoms with van der Waals surface area (Å²) in [6.45, 7) is 1.91. The van der Waals surface area contributed by atoms with Crippen molar-refractivity contribution >= 4 is 27.3 Å². The van der Waals surface area contributed by atoms with E-state index in [1.807, 2.05) is 25.1 Å². The quantitative estimate of drug-likeness (QED) is 0.939. The molecule has 88 valence electrons. The first kappa shape index (κ1) is 12.2. The molecule has 2 rings (SSSR count). The van der Waals surface area contributed by atoms with Gasteiger partial charge in [-0.25, -0.2) is 9.67 Å². The molecule has 0 saturated heterocycles. The van der Waals surface area contributed by atoms with Crippen molar-refractivity contribution in [2.75, 3.05) is 0 Å². The minimum absolute atomic E-state index is 0.0964. The van der Waals surface area contributed by atoms with E-state index in [0.29, 0.717) is 0 Å². The van der Waals surface area contributed by atoms with Gasteiger partial charge in [-0.1, -0.05) is 0 Å². The lowest BCUT2D eigenvalue weighted by Gasteiger charge is -2.19. The van der Waals surface area contributed by atoms with Gasteiger partial charge in [0.05, 0.1) is 3.79 Å². The monoisotopic (exact) mass is 311 g/mol. The maximum atomic E-state index is 8.72. The third-order valence-electron chi connectivity index (χ3n) is 2.28. The van der Waals surface area contributed by atoms with Crippen molar-refractivity contribution in [2.45, 2.75) is 19.0 Å². The predicted octanol–water partition coefficient (Wildman–Crippen LogP) is 1.91. The number of nitriles is 1. The smallest absolute Gasteiger partial charge is 0.252 e. The third kappa shape index (κ3) is 2.54. The van der Waals surface area contributed by atoms with E-state index in [1.54, 1.807) is 22.3 Å². The summed E-state index contributed by atoms with van der Waals surface area (Å²) in [4.78, 5) is 4.98. The Morgan fingerprint density at radius 3 is 2.82 bits per heavy atom. The van der Waals surface area contributed by atoms with Gasteiger partial charge in [-0.05, 0) is 35.0 Å². The molecule has 0 bridgehead atoms. The van der Waals surface area contributed by atoms with Crippen molar-refractivity contribution in [1.82, 2.24) is 14.8 Å². The molecule has 2 aromatic heterocycles. The largest absolute Gasteiger partial charge is 0.326 e. The van der Waals surface area contributed by atoms with Crippen LogP contribution in [0.15, 0.2) is 22.2 Å². The molecule has 2 atom stereocenters. The highest BCUT2D eigenvalue weighted by atomic mass is 79.9. The van der Waals surface area contributed by atoms with Crippen molar-refractivity contribution in [3.63, 3.8) is 0 Å². The molecule has 5 nitrogen and oxygen atoms in total. The highest BCUT2D eigenvalue weighted by molar-refractivity contribution is 9.11. The molecule has 0 aliphatic rings. The van der Waals surface area contributed by atoms with Gasteiger partial charge in [-0.3, -0.25) is 0 Å². The Balaban J connectivity index is 2.39. The van der Waals surface area contributed by atoms with E-state index in [2.05, 4.69) is 26.0 Å². The van der Waals surface area contributed by atoms with Gasteiger partial charge in [0, 0.05) is 10.9 Å². The van der Waals surface area contributed by atoms with Crippen molar-refractivity contribution in [3.05, 3.63) is 32.9 Å². The van der Waals surface area contributed by atoms with Crippen LogP contribution in [-0.4, -0.2) is 20.8 Å². The summed E-state index contributed by atoms with van der Waals surface area (Å²) >= 11 is 5.02. The maximum absolute atomic E-state index is 8.72. The zero-order valence-electron chi connectivity index (χ0n) is 9.04. The molecule has 7 heteroatoms. The lowest BCUT2D eigenvalue weighted by Crippen LogP contribution is -2.30. The van der Waals surface area contributed by atoms with Crippen molar-refractivity contribution in [2.24, 2.45) is 5.73 Å². The molecule has 0 aromatic carbocycles. The number of thiophene rings is 1. The zero-order chi connectivity index (χ0) is 12.4. The molecule has 2 N–H and O–H groups in total. The normalized spacial score (nSPS) is 14.2. The lowest BCUT2D eigenvalue weighted by molar-refractivity contribution is 0.458. The number of nitrogens with zero attached hydrogens (tertiary/aromatic N) is 4. The topological polar surface area (TPSA) is 80.5 Å². The molecule has 0 spiro atoms. The summed E-state index contributed by atoms with van der Waals surface area (Å²) in [6.07, 6.45) is 1.54. The average molecular weight is 312 g/mol. The summed E-state index contributed by atoms with van der Waals surface area (Å²) in [5, 5.41) is 12.8. The Labute approximate surface area is 111 Å². The van der Waals surface area contributed by atoms with Crippen LogP contribution in [0.1, 0.15) is 23.7 Å². The van der Waals surface area contributed by atoms with Crippen molar-refractivity contribution < 1.29 is 0 Å². The molecule has 0 saturated carbocycles. The van der Waals surface area contributed by atoms with Crippen LogP contribution >= 0.6 is 27.3 Å². The number of rotatable bonds is 3. The van der Waals surface area contributed by atoms with Crippen LogP contribution in [0.25, 0.3) is 0 Å². The summed E-state index contributed by atoms with van der Waals surface area (Å²) in [5.41, 5.74) is 5.98. The van der Waals surface area contributed by atoms with Crippen LogP contribution in [-0.2, 0) is 0 Å². The minimum Gasteiger partial charge on any atom is -0.326 e. The number of hydrogen-bond acceptors (Lipinski definition) is 5. The SMILES string of the molecule is CC(N)C(c1ccc(Br)s1)n1cnc(C#N)n1. The van der Waals surface area contributed by atoms with E-state index in [4.69, 9.17) is 11.0 Å². The van der Waals surface area contributed by atoms with E-state index in [9.17, 15) is 0 Å².